The first-order chi connectivity index (χ1) is 8.70. The van der Waals surface area contributed by atoms with Crippen LogP contribution in [0.2, 0.25) is 0 Å². The Hall–Kier alpha value is -1.38. The van der Waals surface area contributed by atoms with Crippen LogP contribution in [-0.2, 0) is 11.2 Å². The average molecular weight is 246 g/mol. The van der Waals surface area contributed by atoms with E-state index in [1.54, 1.807) is 0 Å². The number of carbonyl (C=O) groups is 1. The molecule has 1 amide bonds. The maximum Gasteiger partial charge on any atom is 0.227 e. The standard InChI is InChI=1S/C15H22N2O/c1-3-12(2)6-7-13-8-9-14(11-16-13)17-10-4-5-15(17)18/h8-9,11-12H,3-7,10H2,1-2H3. The second-order valence-electron chi connectivity index (χ2n) is 5.21. The fourth-order valence-electron chi connectivity index (χ4n) is 2.24. The van der Waals surface area contributed by atoms with Gasteiger partial charge in [-0.05, 0) is 37.3 Å². The minimum absolute atomic E-state index is 0.226. The van der Waals surface area contributed by atoms with E-state index in [-0.39, 0.29) is 5.91 Å². The van der Waals surface area contributed by atoms with Gasteiger partial charge in [0.25, 0.3) is 0 Å². The van der Waals surface area contributed by atoms with E-state index in [2.05, 4.69) is 24.9 Å². The first-order valence-electron chi connectivity index (χ1n) is 6.96. The molecule has 1 saturated heterocycles. The molecule has 1 aromatic heterocycles. The Kier molecular flexibility index (Phi) is 4.34. The predicted octanol–water partition coefficient (Wildman–Crippen LogP) is 3.19. The summed E-state index contributed by atoms with van der Waals surface area (Å²) in [5.74, 6) is 0.982. The quantitative estimate of drug-likeness (QED) is 0.799. The summed E-state index contributed by atoms with van der Waals surface area (Å²) >= 11 is 0. The Labute approximate surface area is 109 Å². The van der Waals surface area contributed by atoms with E-state index in [4.69, 9.17) is 0 Å². The molecule has 1 aliphatic heterocycles. The summed E-state index contributed by atoms with van der Waals surface area (Å²) in [7, 11) is 0. The lowest BCUT2D eigenvalue weighted by Gasteiger charge is -2.15. The summed E-state index contributed by atoms with van der Waals surface area (Å²) in [6.07, 6.45) is 6.93. The number of hydrogen-bond donors (Lipinski definition) is 0. The number of carbonyl (C=O) groups excluding carboxylic acids is 1. The monoisotopic (exact) mass is 246 g/mol. The van der Waals surface area contributed by atoms with Crippen LogP contribution in [0.4, 0.5) is 5.69 Å². The van der Waals surface area contributed by atoms with Crippen molar-refractivity contribution in [2.24, 2.45) is 5.92 Å². The van der Waals surface area contributed by atoms with Gasteiger partial charge in [0.05, 0.1) is 11.9 Å². The first-order valence-corrected chi connectivity index (χ1v) is 6.96. The van der Waals surface area contributed by atoms with Crippen molar-refractivity contribution in [1.82, 2.24) is 4.98 Å². The third-order valence-electron chi connectivity index (χ3n) is 3.78. The molecule has 3 heteroatoms. The molecule has 0 aromatic carbocycles. The minimum Gasteiger partial charge on any atom is -0.311 e. The van der Waals surface area contributed by atoms with Gasteiger partial charge in [0.15, 0.2) is 0 Å². The number of amides is 1. The molecule has 0 N–H and O–H groups in total. The van der Waals surface area contributed by atoms with Crippen molar-refractivity contribution < 1.29 is 4.79 Å². The number of rotatable bonds is 5. The van der Waals surface area contributed by atoms with Gasteiger partial charge in [-0.15, -0.1) is 0 Å². The van der Waals surface area contributed by atoms with Gasteiger partial charge in [-0.3, -0.25) is 9.78 Å². The fraction of sp³-hybridized carbons (Fsp3) is 0.600. The molecule has 2 heterocycles. The van der Waals surface area contributed by atoms with Gasteiger partial charge >= 0.3 is 0 Å². The maximum atomic E-state index is 11.6. The van der Waals surface area contributed by atoms with Crippen molar-refractivity contribution in [3.05, 3.63) is 24.0 Å². The molecule has 1 aromatic rings. The highest BCUT2D eigenvalue weighted by atomic mass is 16.2. The molecule has 0 spiro atoms. The van der Waals surface area contributed by atoms with E-state index in [0.29, 0.717) is 6.42 Å². The van der Waals surface area contributed by atoms with Crippen molar-refractivity contribution in [1.29, 1.82) is 0 Å². The summed E-state index contributed by atoms with van der Waals surface area (Å²) in [6.45, 7) is 5.34. The zero-order chi connectivity index (χ0) is 13.0. The second kappa shape index (κ2) is 5.98. The SMILES string of the molecule is CCC(C)CCc1ccc(N2CCCC2=O)cn1. The molecule has 0 bridgehead atoms. The topological polar surface area (TPSA) is 33.2 Å². The molecular weight excluding hydrogens is 224 g/mol. The lowest BCUT2D eigenvalue weighted by molar-refractivity contribution is -0.117. The number of pyridine rings is 1. The molecular formula is C15H22N2O. The van der Waals surface area contributed by atoms with Gasteiger partial charge in [0, 0.05) is 18.7 Å². The highest BCUT2D eigenvalue weighted by Crippen LogP contribution is 2.21. The van der Waals surface area contributed by atoms with Gasteiger partial charge in [-0.1, -0.05) is 20.3 Å². The lowest BCUT2D eigenvalue weighted by Crippen LogP contribution is -2.23. The lowest BCUT2D eigenvalue weighted by atomic mass is 10.0. The van der Waals surface area contributed by atoms with Crippen LogP contribution in [0, 0.1) is 5.92 Å². The van der Waals surface area contributed by atoms with E-state index in [1.807, 2.05) is 17.2 Å². The number of nitrogens with zero attached hydrogens (tertiary/aromatic N) is 2. The van der Waals surface area contributed by atoms with E-state index < -0.39 is 0 Å². The molecule has 18 heavy (non-hydrogen) atoms. The zero-order valence-corrected chi connectivity index (χ0v) is 11.4. The molecule has 1 atom stereocenters. The van der Waals surface area contributed by atoms with Crippen molar-refractivity contribution >= 4 is 11.6 Å². The van der Waals surface area contributed by atoms with Crippen molar-refractivity contribution in [3.8, 4) is 0 Å². The second-order valence-corrected chi connectivity index (χ2v) is 5.21. The molecule has 1 unspecified atom stereocenters. The summed E-state index contributed by atoms with van der Waals surface area (Å²) in [5, 5.41) is 0. The third-order valence-corrected chi connectivity index (χ3v) is 3.78. The Morgan fingerprint density at radius 2 is 2.28 bits per heavy atom. The van der Waals surface area contributed by atoms with Crippen LogP contribution in [0.1, 0.15) is 45.2 Å². The van der Waals surface area contributed by atoms with Crippen molar-refractivity contribution in [2.45, 2.75) is 46.0 Å². The van der Waals surface area contributed by atoms with E-state index >= 15 is 0 Å². The molecule has 0 aliphatic carbocycles. The fourth-order valence-corrected chi connectivity index (χ4v) is 2.24. The Balaban J connectivity index is 1.95. The summed E-state index contributed by atoms with van der Waals surface area (Å²) < 4.78 is 0. The van der Waals surface area contributed by atoms with Crippen molar-refractivity contribution in [2.75, 3.05) is 11.4 Å². The van der Waals surface area contributed by atoms with Crippen LogP contribution in [-0.4, -0.2) is 17.4 Å². The molecule has 2 rings (SSSR count). The van der Waals surface area contributed by atoms with Crippen LogP contribution >= 0.6 is 0 Å². The van der Waals surface area contributed by atoms with Gasteiger partial charge in [-0.2, -0.15) is 0 Å². The molecule has 3 nitrogen and oxygen atoms in total. The molecule has 0 saturated carbocycles. The van der Waals surface area contributed by atoms with Gasteiger partial charge in [-0.25, -0.2) is 0 Å². The van der Waals surface area contributed by atoms with E-state index in [1.165, 1.54) is 12.8 Å². The normalized spacial score (nSPS) is 17.2. The number of aromatic nitrogens is 1. The van der Waals surface area contributed by atoms with Gasteiger partial charge in [0.2, 0.25) is 5.91 Å². The van der Waals surface area contributed by atoms with Crippen LogP contribution < -0.4 is 4.90 Å². The van der Waals surface area contributed by atoms with Gasteiger partial charge < -0.3 is 4.90 Å². The number of aryl methyl sites for hydroxylation is 1. The Morgan fingerprint density at radius 1 is 1.44 bits per heavy atom. The van der Waals surface area contributed by atoms with Gasteiger partial charge in [0.1, 0.15) is 0 Å². The maximum absolute atomic E-state index is 11.6. The highest BCUT2D eigenvalue weighted by molar-refractivity contribution is 5.95. The van der Waals surface area contributed by atoms with E-state index in [0.717, 1.165) is 36.7 Å². The largest absolute Gasteiger partial charge is 0.311 e. The number of anilines is 1. The van der Waals surface area contributed by atoms with Crippen molar-refractivity contribution in [3.63, 3.8) is 0 Å². The zero-order valence-electron chi connectivity index (χ0n) is 11.4. The average Bonchev–Trinajstić information content (AvgIpc) is 2.83. The first kappa shape index (κ1) is 13.1. The number of hydrogen-bond acceptors (Lipinski definition) is 2. The van der Waals surface area contributed by atoms with Crippen LogP contribution in [0.15, 0.2) is 18.3 Å². The third kappa shape index (κ3) is 3.09. The smallest absolute Gasteiger partial charge is 0.227 e. The highest BCUT2D eigenvalue weighted by Gasteiger charge is 2.21. The van der Waals surface area contributed by atoms with E-state index in [9.17, 15) is 4.79 Å². The molecule has 98 valence electrons. The summed E-state index contributed by atoms with van der Waals surface area (Å²) in [5.41, 5.74) is 2.08. The summed E-state index contributed by atoms with van der Waals surface area (Å²) in [6, 6.07) is 4.09. The molecule has 1 fully saturated rings. The molecule has 0 radical (unpaired) electrons. The predicted molar refractivity (Wildman–Crippen MR) is 73.6 cm³/mol. The van der Waals surface area contributed by atoms with Crippen LogP contribution in [0.3, 0.4) is 0 Å². The molecule has 1 aliphatic rings. The van der Waals surface area contributed by atoms with Crippen LogP contribution in [0.25, 0.3) is 0 Å². The minimum atomic E-state index is 0.226. The van der Waals surface area contributed by atoms with Crippen LogP contribution in [0.5, 0.6) is 0 Å². The summed E-state index contributed by atoms with van der Waals surface area (Å²) in [4.78, 5) is 17.9. The Morgan fingerprint density at radius 3 is 2.83 bits per heavy atom. The Bertz CT molecular complexity index is 399.